The number of hydrogen-bond donors (Lipinski definition) is 0. The second kappa shape index (κ2) is 5.23. The van der Waals surface area contributed by atoms with Crippen molar-refractivity contribution in [3.63, 3.8) is 0 Å². The maximum atomic E-state index is 7.73. The van der Waals surface area contributed by atoms with E-state index in [4.69, 9.17) is 12.6 Å². The van der Waals surface area contributed by atoms with Gasteiger partial charge in [0.25, 0.3) is 5.82 Å². The molecule has 0 fully saturated rings. The Morgan fingerprint density at radius 2 is 2.17 bits per heavy atom. The Hall–Kier alpha value is -2.56. The lowest BCUT2D eigenvalue weighted by atomic mass is 9.54. The normalized spacial score (nSPS) is 18.5. The summed E-state index contributed by atoms with van der Waals surface area (Å²) in [5.74, 6) is 1.47. The number of rotatable bonds is 1. The van der Waals surface area contributed by atoms with Crippen LogP contribution in [0.3, 0.4) is 0 Å². The second-order valence-corrected chi connectivity index (χ2v) is 6.17. The molecule has 0 aliphatic carbocycles. The van der Waals surface area contributed by atoms with E-state index in [1.807, 2.05) is 37.0 Å². The van der Waals surface area contributed by atoms with Crippen molar-refractivity contribution in [2.75, 3.05) is 4.81 Å². The maximum Gasteiger partial charge on any atom is 0.413 e. The zero-order valence-corrected chi connectivity index (χ0v) is 13.8. The molecule has 5 heteroatoms. The van der Waals surface area contributed by atoms with Crippen molar-refractivity contribution >= 4 is 35.3 Å². The van der Waals surface area contributed by atoms with Gasteiger partial charge in [-0.3, -0.25) is 4.81 Å². The van der Waals surface area contributed by atoms with Crippen LogP contribution in [0, 0.1) is 20.6 Å². The van der Waals surface area contributed by atoms with Gasteiger partial charge in [0.15, 0.2) is 0 Å². The standard InChI is InChI=1S/C19H21BN3O/c1-12-10-17(22(5)11-13(12)2)23-9-8-16-18(20(23)4)15-7-6-14(3)21-19(15)24-16/h6-11H,1-5H3/q+1/i2D3,3D3. The third kappa shape index (κ3) is 2.15. The van der Waals surface area contributed by atoms with E-state index >= 15 is 0 Å². The predicted octanol–water partition coefficient (Wildman–Crippen LogP) is 2.90. The molecule has 0 bridgehead atoms. The summed E-state index contributed by atoms with van der Waals surface area (Å²) < 4.78 is 53.5. The van der Waals surface area contributed by atoms with Crippen molar-refractivity contribution in [3.05, 3.63) is 53.2 Å². The van der Waals surface area contributed by atoms with Crippen molar-refractivity contribution in [1.82, 2.24) is 4.98 Å². The minimum absolute atomic E-state index is 0.00290. The average Bonchev–Trinajstić information content (AvgIpc) is 3.00. The Kier molecular flexibility index (Phi) is 2.11. The highest BCUT2D eigenvalue weighted by atomic mass is 16.3. The average molecular weight is 324 g/mol. The molecule has 4 rings (SSSR count). The fraction of sp³-hybridized carbons (Fsp3) is 0.263. The number of fused-ring (bicyclic) bond motifs is 3. The molecule has 0 unspecified atom stereocenters. The number of pyridine rings is 2. The van der Waals surface area contributed by atoms with Crippen molar-refractivity contribution in [1.29, 1.82) is 0 Å². The molecule has 0 radical (unpaired) electrons. The Bertz CT molecular complexity index is 1180. The topological polar surface area (TPSA) is 33.2 Å². The Morgan fingerprint density at radius 1 is 1.29 bits per heavy atom. The molecule has 24 heavy (non-hydrogen) atoms. The second-order valence-electron chi connectivity index (χ2n) is 6.17. The van der Waals surface area contributed by atoms with E-state index in [2.05, 4.69) is 4.98 Å². The molecule has 0 aromatic carbocycles. The number of aryl methyl sites for hydroxylation is 4. The van der Waals surface area contributed by atoms with Gasteiger partial charge in [0.2, 0.25) is 5.71 Å². The fourth-order valence-corrected chi connectivity index (χ4v) is 3.25. The largest absolute Gasteiger partial charge is 0.439 e. The third-order valence-electron chi connectivity index (χ3n) is 4.56. The molecule has 1 aliphatic heterocycles. The van der Waals surface area contributed by atoms with Gasteiger partial charge in [-0.1, -0.05) is 0 Å². The zero-order chi connectivity index (χ0) is 22.0. The van der Waals surface area contributed by atoms with Gasteiger partial charge in [-0.2, -0.15) is 0 Å². The quantitative estimate of drug-likeness (QED) is 0.510. The van der Waals surface area contributed by atoms with E-state index < -0.39 is 13.7 Å². The molecular formula is C19H21BN3O+. The molecule has 3 aromatic heterocycles. The minimum Gasteiger partial charge on any atom is -0.439 e. The monoisotopic (exact) mass is 324 g/mol. The lowest BCUT2D eigenvalue weighted by Gasteiger charge is -2.22. The smallest absolute Gasteiger partial charge is 0.413 e. The van der Waals surface area contributed by atoms with E-state index in [0.29, 0.717) is 22.6 Å². The summed E-state index contributed by atoms with van der Waals surface area (Å²) in [5.41, 5.74) is 2.21. The molecule has 120 valence electrons. The van der Waals surface area contributed by atoms with Crippen LogP contribution < -0.4 is 14.8 Å². The van der Waals surface area contributed by atoms with Crippen LogP contribution in [0.15, 0.2) is 35.0 Å². The van der Waals surface area contributed by atoms with Gasteiger partial charge < -0.3 is 4.42 Å². The molecule has 0 N–H and O–H groups in total. The van der Waals surface area contributed by atoms with Gasteiger partial charge in [0.05, 0.1) is 19.4 Å². The highest BCUT2D eigenvalue weighted by Gasteiger charge is 2.37. The van der Waals surface area contributed by atoms with Crippen molar-refractivity contribution in [2.24, 2.45) is 7.05 Å². The van der Waals surface area contributed by atoms with E-state index in [1.165, 1.54) is 6.07 Å². The molecular weight excluding hydrogens is 297 g/mol. The molecule has 0 saturated carbocycles. The number of aromatic nitrogens is 2. The van der Waals surface area contributed by atoms with Gasteiger partial charge in [-0.05, 0) is 50.7 Å². The summed E-state index contributed by atoms with van der Waals surface area (Å²) in [6, 6.07) is 5.11. The molecule has 0 amide bonds. The van der Waals surface area contributed by atoms with E-state index in [1.54, 1.807) is 23.8 Å². The van der Waals surface area contributed by atoms with Crippen LogP contribution in [0.5, 0.6) is 0 Å². The first kappa shape index (κ1) is 9.67. The van der Waals surface area contributed by atoms with Crippen LogP contribution in [0.1, 0.15) is 30.8 Å². The van der Waals surface area contributed by atoms with Gasteiger partial charge in [0, 0.05) is 36.9 Å². The van der Waals surface area contributed by atoms with E-state index in [0.717, 1.165) is 16.7 Å². The summed E-state index contributed by atoms with van der Waals surface area (Å²) in [5, 5.41) is 0.762. The molecule has 4 nitrogen and oxygen atoms in total. The Morgan fingerprint density at radius 3 is 2.96 bits per heavy atom. The molecule has 0 atom stereocenters. The summed E-state index contributed by atoms with van der Waals surface area (Å²) >= 11 is 0. The van der Waals surface area contributed by atoms with E-state index in [-0.39, 0.29) is 12.5 Å². The Balaban J connectivity index is 1.79. The first-order chi connectivity index (χ1) is 13.9. The van der Waals surface area contributed by atoms with Crippen molar-refractivity contribution in [2.45, 2.75) is 27.5 Å². The summed E-state index contributed by atoms with van der Waals surface area (Å²) in [6.07, 6.45) is 5.34. The highest BCUT2D eigenvalue weighted by Crippen LogP contribution is 2.25. The molecule has 3 aromatic rings. The number of anilines is 1. The lowest BCUT2D eigenvalue weighted by Crippen LogP contribution is -2.50. The van der Waals surface area contributed by atoms with E-state index in [9.17, 15) is 0 Å². The van der Waals surface area contributed by atoms with Crippen LogP contribution >= 0.6 is 0 Å². The minimum atomic E-state index is -2.30. The van der Waals surface area contributed by atoms with Crippen LogP contribution in [0.2, 0.25) is 6.82 Å². The fourth-order valence-electron chi connectivity index (χ4n) is 3.25. The maximum absolute atomic E-state index is 7.73. The van der Waals surface area contributed by atoms with Crippen LogP contribution in [0.4, 0.5) is 5.82 Å². The molecule has 0 spiro atoms. The van der Waals surface area contributed by atoms with Crippen molar-refractivity contribution in [3.8, 4) is 0 Å². The number of nitrogens with zero attached hydrogens (tertiary/aromatic N) is 3. The molecule has 0 saturated heterocycles. The highest BCUT2D eigenvalue weighted by molar-refractivity contribution is 6.79. The Labute approximate surface area is 151 Å². The third-order valence-corrected chi connectivity index (χ3v) is 4.56. The zero-order valence-electron chi connectivity index (χ0n) is 19.8. The number of hydrogen-bond acceptors (Lipinski definition) is 3. The number of furan rings is 1. The van der Waals surface area contributed by atoms with Crippen LogP contribution in [0.25, 0.3) is 17.2 Å². The predicted molar refractivity (Wildman–Crippen MR) is 98.6 cm³/mol. The van der Waals surface area contributed by atoms with Gasteiger partial charge in [-0.25, -0.2) is 9.55 Å². The SMILES string of the molecule is [2H]C([2H])([2H])c1ccc2c3c(oc2n1)C=CN(c1cc(C)c(C([2H])([2H])[2H])c[n+]1C)B3C. The molecule has 1 aliphatic rings. The summed E-state index contributed by atoms with van der Waals surface area (Å²) in [7, 11) is 1.82. The van der Waals surface area contributed by atoms with Crippen LogP contribution in [-0.4, -0.2) is 11.8 Å². The first-order valence-corrected chi connectivity index (χ1v) is 7.79. The van der Waals surface area contributed by atoms with Gasteiger partial charge >= 0.3 is 6.85 Å². The first-order valence-electron chi connectivity index (χ1n) is 10.8. The van der Waals surface area contributed by atoms with Crippen molar-refractivity contribution < 1.29 is 17.2 Å². The molecule has 4 heterocycles. The van der Waals surface area contributed by atoms with Gasteiger partial charge in [0.1, 0.15) is 5.76 Å². The lowest BCUT2D eigenvalue weighted by molar-refractivity contribution is -0.658. The summed E-state index contributed by atoms with van der Waals surface area (Å²) in [6.45, 7) is -0.796. The summed E-state index contributed by atoms with van der Waals surface area (Å²) in [4.78, 5) is 6.24. The van der Waals surface area contributed by atoms with Gasteiger partial charge in [-0.15, -0.1) is 0 Å². The van der Waals surface area contributed by atoms with Crippen LogP contribution in [-0.2, 0) is 7.05 Å².